The molecule has 200 valence electrons. The highest BCUT2D eigenvalue weighted by Gasteiger charge is 2.35. The molecule has 3 saturated heterocycles. The molecule has 0 unspecified atom stereocenters. The zero-order valence-corrected chi connectivity index (χ0v) is 22.6. The van der Waals surface area contributed by atoms with Crippen molar-refractivity contribution in [1.29, 1.82) is 0 Å². The van der Waals surface area contributed by atoms with Crippen LogP contribution in [0, 0.1) is 0 Å². The molecule has 3 aliphatic rings. The van der Waals surface area contributed by atoms with E-state index in [0.717, 1.165) is 36.7 Å². The second kappa shape index (κ2) is 11.3. The number of amides is 2. The number of halogens is 1. The summed E-state index contributed by atoms with van der Waals surface area (Å²) in [5, 5.41) is 2.17. The van der Waals surface area contributed by atoms with Gasteiger partial charge in [-0.1, -0.05) is 30.2 Å². The van der Waals surface area contributed by atoms with Gasteiger partial charge in [-0.2, -0.15) is 4.72 Å². The van der Waals surface area contributed by atoms with Gasteiger partial charge >= 0.3 is 0 Å². The van der Waals surface area contributed by atoms with E-state index >= 15 is 0 Å². The van der Waals surface area contributed by atoms with Crippen LogP contribution < -0.4 is 4.72 Å². The summed E-state index contributed by atoms with van der Waals surface area (Å²) < 4.78 is 28.8. The number of hydrogen-bond acceptors (Lipinski definition) is 5. The molecule has 2 aromatic rings. The van der Waals surface area contributed by atoms with E-state index < -0.39 is 16.1 Å². The molecule has 0 bridgehead atoms. The number of fused-ring (bicyclic) bond motifs is 1. The van der Waals surface area contributed by atoms with Crippen molar-refractivity contribution in [2.45, 2.75) is 61.9 Å². The van der Waals surface area contributed by atoms with E-state index in [1.165, 1.54) is 30.2 Å². The molecular weight excluding hydrogens is 512 g/mol. The minimum Gasteiger partial charge on any atom is -0.341 e. The zero-order valence-electron chi connectivity index (χ0n) is 21.1. The van der Waals surface area contributed by atoms with Crippen molar-refractivity contribution in [3.63, 3.8) is 0 Å². The first kappa shape index (κ1) is 26.4. The molecule has 1 atom stereocenters. The Bertz CT molecular complexity index is 1260. The van der Waals surface area contributed by atoms with Crippen molar-refractivity contribution in [2.24, 2.45) is 0 Å². The lowest BCUT2D eigenvalue weighted by molar-refractivity contribution is -0.144. The van der Waals surface area contributed by atoms with E-state index in [1.54, 1.807) is 30.3 Å². The van der Waals surface area contributed by atoms with Crippen LogP contribution >= 0.6 is 11.6 Å². The number of nitrogens with one attached hydrogen (secondary N) is 1. The van der Waals surface area contributed by atoms with Gasteiger partial charge in [-0.25, -0.2) is 8.42 Å². The second-order valence-electron chi connectivity index (χ2n) is 10.4. The van der Waals surface area contributed by atoms with E-state index in [9.17, 15) is 18.0 Å². The van der Waals surface area contributed by atoms with Gasteiger partial charge in [-0.3, -0.25) is 9.59 Å². The van der Waals surface area contributed by atoms with Gasteiger partial charge in [0.05, 0.1) is 11.4 Å². The standard InChI is InChI=1S/C27H35ClN4O4S/c28-22-8-6-21-18-24(9-7-20(21)17-22)37(35,36)29-25-5-4-14-32(27(25)34)19-26(33)31-15-10-23(11-16-31)30-12-2-1-3-13-30/h6-9,17-18,23,25,29H,1-5,10-16,19H2/t25-/m0/s1. The van der Waals surface area contributed by atoms with Gasteiger partial charge in [0.15, 0.2) is 0 Å². The van der Waals surface area contributed by atoms with Crippen LogP contribution in [0.2, 0.25) is 5.02 Å². The van der Waals surface area contributed by atoms with Crippen molar-refractivity contribution in [3.8, 4) is 0 Å². The van der Waals surface area contributed by atoms with Crippen molar-refractivity contribution >= 4 is 44.2 Å². The minimum atomic E-state index is -3.91. The largest absolute Gasteiger partial charge is 0.341 e. The number of hydrogen-bond donors (Lipinski definition) is 1. The van der Waals surface area contributed by atoms with Crippen LogP contribution in [0.25, 0.3) is 10.8 Å². The highest BCUT2D eigenvalue weighted by molar-refractivity contribution is 7.89. The molecule has 0 spiro atoms. The van der Waals surface area contributed by atoms with Crippen molar-refractivity contribution in [1.82, 2.24) is 19.4 Å². The van der Waals surface area contributed by atoms with Crippen molar-refractivity contribution in [3.05, 3.63) is 41.4 Å². The summed E-state index contributed by atoms with van der Waals surface area (Å²) >= 11 is 6.03. The fourth-order valence-corrected chi connectivity index (χ4v) is 7.29. The molecule has 0 radical (unpaired) electrons. The highest BCUT2D eigenvalue weighted by atomic mass is 35.5. The van der Waals surface area contributed by atoms with Gasteiger partial charge in [-0.15, -0.1) is 0 Å². The van der Waals surface area contributed by atoms with Crippen LogP contribution in [0.5, 0.6) is 0 Å². The fourth-order valence-electron chi connectivity index (χ4n) is 5.85. The van der Waals surface area contributed by atoms with Gasteiger partial charge in [-0.05, 0) is 86.7 Å². The second-order valence-corrected chi connectivity index (χ2v) is 12.6. The molecule has 3 heterocycles. The third-order valence-electron chi connectivity index (χ3n) is 7.96. The topological polar surface area (TPSA) is 90.0 Å². The summed E-state index contributed by atoms with van der Waals surface area (Å²) in [6.07, 6.45) is 6.83. The number of piperidine rings is 3. The maximum Gasteiger partial charge on any atom is 0.242 e. The van der Waals surface area contributed by atoms with Gasteiger partial charge < -0.3 is 14.7 Å². The third kappa shape index (κ3) is 6.11. The van der Waals surface area contributed by atoms with E-state index in [2.05, 4.69) is 9.62 Å². The number of nitrogens with zero attached hydrogens (tertiary/aromatic N) is 3. The van der Waals surface area contributed by atoms with Gasteiger partial charge in [0.25, 0.3) is 0 Å². The van der Waals surface area contributed by atoms with E-state index in [0.29, 0.717) is 43.5 Å². The Kier molecular flexibility index (Phi) is 8.04. The van der Waals surface area contributed by atoms with Crippen LogP contribution in [0.1, 0.15) is 44.9 Å². The van der Waals surface area contributed by atoms with Crippen LogP contribution in [0.3, 0.4) is 0 Å². The molecule has 3 fully saturated rings. The molecule has 0 saturated carbocycles. The molecule has 37 heavy (non-hydrogen) atoms. The Labute approximate surface area is 224 Å². The van der Waals surface area contributed by atoms with Crippen molar-refractivity contribution < 1.29 is 18.0 Å². The third-order valence-corrected chi connectivity index (χ3v) is 9.67. The lowest BCUT2D eigenvalue weighted by Crippen LogP contribution is -2.55. The van der Waals surface area contributed by atoms with Gasteiger partial charge in [0.2, 0.25) is 21.8 Å². The number of benzene rings is 2. The fraction of sp³-hybridized carbons (Fsp3) is 0.556. The Morgan fingerprint density at radius 1 is 0.892 bits per heavy atom. The van der Waals surface area contributed by atoms with Crippen LogP contribution in [-0.4, -0.2) is 86.3 Å². The summed E-state index contributed by atoms with van der Waals surface area (Å²) in [6, 6.07) is 9.73. The predicted octanol–water partition coefficient (Wildman–Crippen LogP) is 3.24. The number of rotatable bonds is 6. The molecule has 0 aromatic heterocycles. The minimum absolute atomic E-state index is 0.00216. The molecular formula is C27H35ClN4O4S. The molecule has 1 N–H and O–H groups in total. The monoisotopic (exact) mass is 546 g/mol. The quantitative estimate of drug-likeness (QED) is 0.601. The maximum absolute atomic E-state index is 13.2. The summed E-state index contributed by atoms with van der Waals surface area (Å²) in [5.74, 6) is -0.388. The first-order chi connectivity index (χ1) is 17.8. The number of carbonyl (C=O) groups excluding carboxylic acids is 2. The van der Waals surface area contributed by atoms with Crippen molar-refractivity contribution in [2.75, 3.05) is 39.3 Å². The first-order valence-electron chi connectivity index (χ1n) is 13.3. The van der Waals surface area contributed by atoms with Crippen LogP contribution in [-0.2, 0) is 19.6 Å². The molecule has 10 heteroatoms. The zero-order chi connectivity index (χ0) is 26.0. The lowest BCUT2D eigenvalue weighted by Gasteiger charge is -2.41. The van der Waals surface area contributed by atoms with E-state index in [-0.39, 0.29) is 23.3 Å². The van der Waals surface area contributed by atoms with Crippen LogP contribution in [0.4, 0.5) is 0 Å². The Hall–Kier alpha value is -2.20. The molecule has 8 nitrogen and oxygen atoms in total. The Morgan fingerprint density at radius 3 is 2.35 bits per heavy atom. The van der Waals surface area contributed by atoms with E-state index in [1.807, 2.05) is 4.90 Å². The highest BCUT2D eigenvalue weighted by Crippen LogP contribution is 2.24. The Balaban J connectivity index is 1.17. The van der Waals surface area contributed by atoms with Crippen LogP contribution in [0.15, 0.2) is 41.3 Å². The average molecular weight is 547 g/mol. The lowest BCUT2D eigenvalue weighted by atomic mass is 9.99. The Morgan fingerprint density at radius 2 is 1.59 bits per heavy atom. The first-order valence-corrected chi connectivity index (χ1v) is 15.2. The maximum atomic E-state index is 13.2. The number of sulfonamides is 1. The van der Waals surface area contributed by atoms with Gasteiger partial charge in [0, 0.05) is 30.7 Å². The smallest absolute Gasteiger partial charge is 0.242 e. The molecule has 2 amide bonds. The molecule has 3 aliphatic heterocycles. The predicted molar refractivity (Wildman–Crippen MR) is 144 cm³/mol. The average Bonchev–Trinajstić information content (AvgIpc) is 2.91. The number of carbonyl (C=O) groups is 2. The summed E-state index contributed by atoms with van der Waals surface area (Å²) in [5.41, 5.74) is 0. The summed E-state index contributed by atoms with van der Waals surface area (Å²) in [7, 11) is -3.91. The van der Waals surface area contributed by atoms with Gasteiger partial charge in [0.1, 0.15) is 6.04 Å². The van der Waals surface area contributed by atoms with E-state index in [4.69, 9.17) is 11.6 Å². The summed E-state index contributed by atoms with van der Waals surface area (Å²) in [6.45, 7) is 4.21. The molecule has 2 aromatic carbocycles. The molecule has 0 aliphatic carbocycles. The summed E-state index contributed by atoms with van der Waals surface area (Å²) in [4.78, 5) is 32.2. The normalized spacial score (nSPS) is 22.5. The number of likely N-dealkylation sites (tertiary alicyclic amines) is 3. The SMILES string of the molecule is O=C(CN1CCC[C@H](NS(=O)(=O)c2ccc3cc(Cl)ccc3c2)C1=O)N1CCC(N2CCCCC2)CC1. The molecule has 5 rings (SSSR count).